The fourth-order valence-corrected chi connectivity index (χ4v) is 3.20. The number of unbranched alkanes of at least 4 members (excludes halogenated alkanes) is 1. The maximum atomic E-state index is 5.87. The minimum absolute atomic E-state index is 0.337. The number of nitrogens with one attached hydrogen (secondary N) is 1. The van der Waals surface area contributed by atoms with Crippen molar-refractivity contribution < 1.29 is 4.74 Å². The molecule has 2 aliphatic heterocycles. The Morgan fingerprint density at radius 2 is 2.21 bits per heavy atom. The fraction of sp³-hybridized carbons (Fsp3) is 0.688. The first kappa shape index (κ1) is 13.1. The van der Waals surface area contributed by atoms with Crippen LogP contribution in [0.1, 0.15) is 54.8 Å². The fourth-order valence-electron chi connectivity index (χ4n) is 3.20. The van der Waals surface area contributed by atoms with Crippen LogP contribution in [0.3, 0.4) is 0 Å². The van der Waals surface area contributed by atoms with Crippen molar-refractivity contribution in [1.82, 2.24) is 10.3 Å². The first-order valence-corrected chi connectivity index (χ1v) is 7.64. The molecule has 0 spiro atoms. The number of pyridine rings is 1. The number of hydrogen-bond acceptors (Lipinski definition) is 3. The summed E-state index contributed by atoms with van der Waals surface area (Å²) >= 11 is 0. The summed E-state index contributed by atoms with van der Waals surface area (Å²) in [5, 5.41) is 3.47. The summed E-state index contributed by atoms with van der Waals surface area (Å²) < 4.78 is 5.87. The zero-order chi connectivity index (χ0) is 13.2. The lowest BCUT2D eigenvalue weighted by atomic mass is 9.89. The molecule has 3 nitrogen and oxygen atoms in total. The lowest BCUT2D eigenvalue weighted by molar-refractivity contribution is 0.0397. The monoisotopic (exact) mass is 260 g/mol. The van der Waals surface area contributed by atoms with Gasteiger partial charge in [-0.3, -0.25) is 4.98 Å². The van der Waals surface area contributed by atoms with Gasteiger partial charge in [0.05, 0.1) is 12.7 Å². The zero-order valence-electron chi connectivity index (χ0n) is 12.1. The van der Waals surface area contributed by atoms with E-state index in [0.717, 1.165) is 39.0 Å². The Balaban J connectivity index is 2.03. The van der Waals surface area contributed by atoms with Gasteiger partial charge < -0.3 is 10.1 Å². The Bertz CT molecular complexity index is 470. The van der Waals surface area contributed by atoms with Crippen molar-refractivity contribution in [3.8, 4) is 0 Å². The molecular weight excluding hydrogens is 236 g/mol. The van der Waals surface area contributed by atoms with Crippen LogP contribution in [0.25, 0.3) is 0 Å². The molecule has 3 heteroatoms. The van der Waals surface area contributed by atoms with Crippen LogP contribution in [0.5, 0.6) is 0 Å². The number of nitrogens with zero attached hydrogens (tertiary/aromatic N) is 1. The third-order valence-electron chi connectivity index (χ3n) is 4.31. The average molecular weight is 260 g/mol. The van der Waals surface area contributed by atoms with E-state index in [-0.39, 0.29) is 0 Å². The van der Waals surface area contributed by atoms with Crippen LogP contribution in [0.4, 0.5) is 0 Å². The van der Waals surface area contributed by atoms with Crippen LogP contribution < -0.4 is 5.32 Å². The van der Waals surface area contributed by atoms with Crippen molar-refractivity contribution in [1.29, 1.82) is 0 Å². The second kappa shape index (κ2) is 5.59. The van der Waals surface area contributed by atoms with Crippen molar-refractivity contribution in [3.05, 3.63) is 28.1 Å². The molecule has 0 aromatic carbocycles. The maximum absolute atomic E-state index is 5.87. The van der Waals surface area contributed by atoms with Gasteiger partial charge in [-0.05, 0) is 36.5 Å². The molecule has 2 aliphatic rings. The highest BCUT2D eigenvalue weighted by Crippen LogP contribution is 2.30. The summed E-state index contributed by atoms with van der Waals surface area (Å²) in [6.07, 6.45) is 6.05. The number of fused-ring (bicyclic) bond motifs is 3. The lowest BCUT2D eigenvalue weighted by Crippen LogP contribution is -2.30. The van der Waals surface area contributed by atoms with Crippen LogP contribution in [-0.2, 0) is 37.2 Å². The topological polar surface area (TPSA) is 34.1 Å². The van der Waals surface area contributed by atoms with E-state index in [0.29, 0.717) is 6.10 Å². The van der Waals surface area contributed by atoms with Gasteiger partial charge in [0.1, 0.15) is 0 Å². The van der Waals surface area contributed by atoms with E-state index >= 15 is 0 Å². The second-order valence-electron chi connectivity index (χ2n) is 5.80. The van der Waals surface area contributed by atoms with Gasteiger partial charge in [-0.15, -0.1) is 0 Å². The summed E-state index contributed by atoms with van der Waals surface area (Å²) in [7, 11) is 0. The first-order chi connectivity index (χ1) is 9.29. The number of ether oxygens (including phenoxy) is 1. The highest BCUT2D eigenvalue weighted by molar-refractivity contribution is 5.43. The zero-order valence-corrected chi connectivity index (χ0v) is 12.1. The number of aryl methyl sites for hydroxylation is 1. The quantitative estimate of drug-likeness (QED) is 0.907. The first-order valence-electron chi connectivity index (χ1n) is 7.64. The van der Waals surface area contributed by atoms with E-state index in [4.69, 9.17) is 9.72 Å². The third kappa shape index (κ3) is 2.54. The normalized spacial score (nSPS) is 21.9. The molecule has 0 radical (unpaired) electrons. The number of aromatic nitrogens is 1. The van der Waals surface area contributed by atoms with Crippen molar-refractivity contribution >= 4 is 0 Å². The molecule has 0 amide bonds. The third-order valence-corrected chi connectivity index (χ3v) is 4.31. The highest BCUT2D eigenvalue weighted by atomic mass is 16.5. The molecule has 0 fully saturated rings. The van der Waals surface area contributed by atoms with Crippen LogP contribution in [-0.4, -0.2) is 17.6 Å². The Kier molecular flexibility index (Phi) is 3.85. The molecule has 3 heterocycles. The standard InChI is InChI=1S/C16H24N2O/c1-3-4-5-15-12-8-11(2)19-10-14(12)13-9-17-7-6-16(13)18-15/h11,17H,3-10H2,1-2H3. The summed E-state index contributed by atoms with van der Waals surface area (Å²) in [6, 6.07) is 0. The molecule has 1 atom stereocenters. The Morgan fingerprint density at radius 1 is 1.32 bits per heavy atom. The van der Waals surface area contributed by atoms with E-state index in [1.165, 1.54) is 40.9 Å². The summed E-state index contributed by atoms with van der Waals surface area (Å²) in [6.45, 7) is 7.23. The van der Waals surface area contributed by atoms with E-state index < -0.39 is 0 Å². The molecular formula is C16H24N2O. The SMILES string of the molecule is CCCCc1nc2c(c3c1CC(C)OC3)CNCC2. The van der Waals surface area contributed by atoms with E-state index in [1.807, 2.05) is 0 Å². The van der Waals surface area contributed by atoms with Crippen molar-refractivity contribution in [3.63, 3.8) is 0 Å². The van der Waals surface area contributed by atoms with Crippen molar-refractivity contribution in [2.75, 3.05) is 6.54 Å². The van der Waals surface area contributed by atoms with E-state index in [2.05, 4.69) is 19.2 Å². The van der Waals surface area contributed by atoms with E-state index in [9.17, 15) is 0 Å². The molecule has 0 bridgehead atoms. The van der Waals surface area contributed by atoms with Gasteiger partial charge >= 0.3 is 0 Å². The van der Waals surface area contributed by atoms with Gasteiger partial charge in [-0.1, -0.05) is 13.3 Å². The predicted octanol–water partition coefficient (Wildman–Crippen LogP) is 2.53. The lowest BCUT2D eigenvalue weighted by Gasteiger charge is -2.30. The largest absolute Gasteiger partial charge is 0.373 e. The van der Waals surface area contributed by atoms with Crippen LogP contribution in [0.15, 0.2) is 0 Å². The van der Waals surface area contributed by atoms with Crippen molar-refractivity contribution in [2.24, 2.45) is 0 Å². The predicted molar refractivity (Wildman–Crippen MR) is 76.2 cm³/mol. The summed E-state index contributed by atoms with van der Waals surface area (Å²) in [5.74, 6) is 0. The molecule has 1 aromatic rings. The van der Waals surface area contributed by atoms with Gasteiger partial charge in [0.2, 0.25) is 0 Å². The molecule has 0 saturated heterocycles. The Labute approximate surface area is 115 Å². The molecule has 19 heavy (non-hydrogen) atoms. The second-order valence-corrected chi connectivity index (χ2v) is 5.80. The van der Waals surface area contributed by atoms with E-state index in [1.54, 1.807) is 0 Å². The van der Waals surface area contributed by atoms with Crippen LogP contribution in [0.2, 0.25) is 0 Å². The smallest absolute Gasteiger partial charge is 0.0727 e. The van der Waals surface area contributed by atoms with Crippen LogP contribution >= 0.6 is 0 Å². The Morgan fingerprint density at radius 3 is 3.05 bits per heavy atom. The minimum Gasteiger partial charge on any atom is -0.373 e. The minimum atomic E-state index is 0.337. The summed E-state index contributed by atoms with van der Waals surface area (Å²) in [4.78, 5) is 5.00. The molecule has 3 rings (SSSR count). The van der Waals surface area contributed by atoms with Gasteiger partial charge in [0, 0.05) is 37.3 Å². The Hall–Kier alpha value is -0.930. The number of rotatable bonds is 3. The molecule has 1 unspecified atom stereocenters. The molecule has 1 aromatic heterocycles. The molecule has 0 aliphatic carbocycles. The molecule has 104 valence electrons. The maximum Gasteiger partial charge on any atom is 0.0727 e. The van der Waals surface area contributed by atoms with Crippen LogP contribution in [0, 0.1) is 0 Å². The van der Waals surface area contributed by atoms with Gasteiger partial charge in [-0.2, -0.15) is 0 Å². The van der Waals surface area contributed by atoms with Crippen molar-refractivity contribution in [2.45, 2.75) is 65.2 Å². The molecule has 1 N–H and O–H groups in total. The van der Waals surface area contributed by atoms with Gasteiger partial charge in [0.25, 0.3) is 0 Å². The average Bonchev–Trinajstić information content (AvgIpc) is 2.44. The number of hydrogen-bond donors (Lipinski definition) is 1. The van der Waals surface area contributed by atoms with Gasteiger partial charge in [-0.25, -0.2) is 0 Å². The molecule has 0 saturated carbocycles. The van der Waals surface area contributed by atoms with Gasteiger partial charge in [0.15, 0.2) is 0 Å². The summed E-state index contributed by atoms with van der Waals surface area (Å²) in [5.41, 5.74) is 7.04. The highest BCUT2D eigenvalue weighted by Gasteiger charge is 2.25.